The maximum absolute atomic E-state index is 12.1. The van der Waals surface area contributed by atoms with Gasteiger partial charge in [-0.25, -0.2) is 0 Å². The number of carbonyl (C=O) groups is 1. The third kappa shape index (κ3) is 6.13. The van der Waals surface area contributed by atoms with Crippen LogP contribution in [0.3, 0.4) is 0 Å². The van der Waals surface area contributed by atoms with Crippen LogP contribution < -0.4 is 10.1 Å². The molecule has 0 radical (unpaired) electrons. The number of carbonyl (C=O) groups excluding carboxylic acids is 1. The zero-order chi connectivity index (χ0) is 19.9. The van der Waals surface area contributed by atoms with Crippen LogP contribution in [0.2, 0.25) is 10.0 Å². The molecular weight excluding hydrogens is 461 g/mol. The molecule has 0 aliphatic carbocycles. The van der Waals surface area contributed by atoms with Crippen LogP contribution in [-0.2, 0) is 11.4 Å². The Hall–Kier alpha value is -2.27. The van der Waals surface area contributed by atoms with E-state index in [0.717, 1.165) is 21.3 Å². The van der Waals surface area contributed by atoms with Gasteiger partial charge >= 0.3 is 0 Å². The number of rotatable bonds is 6. The maximum atomic E-state index is 12.1. The lowest BCUT2D eigenvalue weighted by Crippen LogP contribution is -2.08. The topological polar surface area (TPSA) is 38.3 Å². The molecule has 28 heavy (non-hydrogen) atoms. The van der Waals surface area contributed by atoms with Crippen LogP contribution in [0.15, 0.2) is 77.3 Å². The average molecular weight is 477 g/mol. The number of halogens is 3. The summed E-state index contributed by atoms with van der Waals surface area (Å²) in [5.74, 6) is 0.484. The fraction of sp³-hybridized carbons (Fsp3) is 0.0455. The van der Waals surface area contributed by atoms with Gasteiger partial charge in [0.15, 0.2) is 0 Å². The smallest absolute Gasteiger partial charge is 0.248 e. The van der Waals surface area contributed by atoms with Crippen molar-refractivity contribution in [3.63, 3.8) is 0 Å². The monoisotopic (exact) mass is 475 g/mol. The number of hydrogen-bond donors (Lipinski definition) is 1. The summed E-state index contributed by atoms with van der Waals surface area (Å²) >= 11 is 15.3. The summed E-state index contributed by atoms with van der Waals surface area (Å²) in [6.45, 7) is 0.493. The van der Waals surface area contributed by atoms with Gasteiger partial charge in [-0.3, -0.25) is 4.79 Å². The molecule has 3 rings (SSSR count). The molecule has 0 heterocycles. The Kier molecular flexibility index (Phi) is 7.15. The Bertz CT molecular complexity index is 986. The van der Waals surface area contributed by atoms with Gasteiger partial charge in [-0.05, 0) is 59.7 Å². The van der Waals surface area contributed by atoms with E-state index in [1.54, 1.807) is 24.3 Å². The standard InChI is InChI=1S/C22H16BrCl2NO2/c23-17-6-1-16(2-7-17)14-28-19-9-3-15(4-10-19)5-12-22(27)26-21-11-8-18(24)13-20(21)25/h1-13H,14H2,(H,26,27)/b12-5+. The van der Waals surface area contributed by atoms with Crippen molar-refractivity contribution in [2.24, 2.45) is 0 Å². The van der Waals surface area contributed by atoms with Gasteiger partial charge in [0.05, 0.1) is 10.7 Å². The summed E-state index contributed by atoms with van der Waals surface area (Å²) < 4.78 is 6.81. The molecule has 1 N–H and O–H groups in total. The van der Waals surface area contributed by atoms with E-state index in [0.29, 0.717) is 22.3 Å². The van der Waals surface area contributed by atoms with Crippen molar-refractivity contribution in [3.05, 3.63) is 98.5 Å². The van der Waals surface area contributed by atoms with Gasteiger partial charge in [-0.15, -0.1) is 0 Å². The minimum Gasteiger partial charge on any atom is -0.489 e. The number of hydrogen-bond acceptors (Lipinski definition) is 2. The minimum absolute atomic E-state index is 0.278. The van der Waals surface area contributed by atoms with E-state index < -0.39 is 0 Å². The molecule has 0 unspecified atom stereocenters. The molecule has 3 nitrogen and oxygen atoms in total. The highest BCUT2D eigenvalue weighted by Gasteiger charge is 2.04. The molecule has 0 aromatic heterocycles. The first-order valence-electron chi connectivity index (χ1n) is 8.41. The first-order valence-corrected chi connectivity index (χ1v) is 9.96. The molecule has 3 aromatic rings. The summed E-state index contributed by atoms with van der Waals surface area (Å²) in [6.07, 6.45) is 3.17. The molecule has 1 amide bonds. The van der Waals surface area contributed by atoms with E-state index in [1.165, 1.54) is 6.08 Å². The van der Waals surface area contributed by atoms with Crippen molar-refractivity contribution in [2.75, 3.05) is 5.32 Å². The molecule has 3 aromatic carbocycles. The Labute approximate surface area is 182 Å². The zero-order valence-corrected chi connectivity index (χ0v) is 17.8. The second kappa shape index (κ2) is 9.78. The van der Waals surface area contributed by atoms with Crippen LogP contribution in [0.25, 0.3) is 6.08 Å². The molecule has 0 saturated heterocycles. The molecule has 0 aliphatic rings. The molecule has 0 aliphatic heterocycles. The third-order valence-electron chi connectivity index (χ3n) is 3.82. The molecular formula is C22H16BrCl2NO2. The van der Waals surface area contributed by atoms with Gasteiger partial charge in [0.25, 0.3) is 0 Å². The van der Waals surface area contributed by atoms with Gasteiger partial charge in [0.1, 0.15) is 12.4 Å². The third-order valence-corrected chi connectivity index (χ3v) is 4.89. The van der Waals surface area contributed by atoms with E-state index in [2.05, 4.69) is 21.2 Å². The van der Waals surface area contributed by atoms with Crippen LogP contribution >= 0.6 is 39.1 Å². The second-order valence-electron chi connectivity index (χ2n) is 5.93. The van der Waals surface area contributed by atoms with Crippen LogP contribution in [-0.4, -0.2) is 5.91 Å². The van der Waals surface area contributed by atoms with Gasteiger partial charge in [-0.2, -0.15) is 0 Å². The van der Waals surface area contributed by atoms with Crippen molar-refractivity contribution >= 4 is 56.8 Å². The van der Waals surface area contributed by atoms with E-state index >= 15 is 0 Å². The maximum Gasteiger partial charge on any atom is 0.248 e. The summed E-state index contributed by atoms with van der Waals surface area (Å²) in [7, 11) is 0. The lowest BCUT2D eigenvalue weighted by Gasteiger charge is -2.07. The van der Waals surface area contributed by atoms with Crippen molar-refractivity contribution < 1.29 is 9.53 Å². The fourth-order valence-corrected chi connectivity index (χ4v) is 3.08. The Morgan fingerprint density at radius 2 is 1.71 bits per heavy atom. The van der Waals surface area contributed by atoms with Gasteiger partial charge in [0, 0.05) is 15.6 Å². The van der Waals surface area contributed by atoms with Gasteiger partial charge < -0.3 is 10.1 Å². The van der Waals surface area contributed by atoms with Crippen LogP contribution in [0, 0.1) is 0 Å². The van der Waals surface area contributed by atoms with Crippen molar-refractivity contribution in [1.82, 2.24) is 0 Å². The number of nitrogens with one attached hydrogen (secondary N) is 1. The highest BCUT2D eigenvalue weighted by molar-refractivity contribution is 9.10. The van der Waals surface area contributed by atoms with Crippen LogP contribution in [0.5, 0.6) is 5.75 Å². The van der Waals surface area contributed by atoms with Gasteiger partial charge in [0.2, 0.25) is 5.91 Å². The number of anilines is 1. The zero-order valence-electron chi connectivity index (χ0n) is 14.7. The fourth-order valence-electron chi connectivity index (χ4n) is 2.36. The molecule has 0 bridgehead atoms. The summed E-state index contributed by atoms with van der Waals surface area (Å²) in [6, 6.07) is 20.4. The SMILES string of the molecule is O=C(/C=C/c1ccc(OCc2ccc(Br)cc2)cc1)Nc1ccc(Cl)cc1Cl. The second-order valence-corrected chi connectivity index (χ2v) is 7.69. The Morgan fingerprint density at radius 3 is 2.39 bits per heavy atom. The summed E-state index contributed by atoms with van der Waals surface area (Å²) in [5.41, 5.74) is 2.48. The molecule has 0 saturated carbocycles. The highest BCUT2D eigenvalue weighted by atomic mass is 79.9. The molecule has 0 fully saturated rings. The number of amides is 1. The Morgan fingerprint density at radius 1 is 1.00 bits per heavy atom. The molecule has 6 heteroatoms. The summed E-state index contributed by atoms with van der Waals surface area (Å²) in [5, 5.41) is 3.62. The first-order chi connectivity index (χ1) is 13.5. The van der Waals surface area contributed by atoms with Crippen LogP contribution in [0.4, 0.5) is 5.69 Å². The Balaban J connectivity index is 1.54. The predicted octanol–water partition coefficient (Wildman–Crippen LogP) is 6.99. The minimum atomic E-state index is -0.278. The molecule has 142 valence electrons. The predicted molar refractivity (Wildman–Crippen MR) is 119 cm³/mol. The van der Waals surface area contributed by atoms with Crippen molar-refractivity contribution in [2.45, 2.75) is 6.61 Å². The van der Waals surface area contributed by atoms with E-state index in [4.69, 9.17) is 27.9 Å². The lowest BCUT2D eigenvalue weighted by molar-refractivity contribution is -0.111. The average Bonchev–Trinajstić information content (AvgIpc) is 2.69. The largest absolute Gasteiger partial charge is 0.489 e. The van der Waals surface area contributed by atoms with Crippen LogP contribution in [0.1, 0.15) is 11.1 Å². The first kappa shape index (κ1) is 20.5. The van der Waals surface area contributed by atoms with E-state index in [-0.39, 0.29) is 5.91 Å². The molecule has 0 atom stereocenters. The van der Waals surface area contributed by atoms with Crippen molar-refractivity contribution in [3.8, 4) is 5.75 Å². The molecule has 0 spiro atoms. The number of benzene rings is 3. The van der Waals surface area contributed by atoms with E-state index in [1.807, 2.05) is 48.5 Å². The number of ether oxygens (including phenoxy) is 1. The lowest BCUT2D eigenvalue weighted by atomic mass is 10.2. The van der Waals surface area contributed by atoms with Gasteiger partial charge in [-0.1, -0.05) is 63.4 Å². The van der Waals surface area contributed by atoms with Crippen molar-refractivity contribution in [1.29, 1.82) is 0 Å². The highest BCUT2D eigenvalue weighted by Crippen LogP contribution is 2.25. The summed E-state index contributed by atoms with van der Waals surface area (Å²) in [4.78, 5) is 12.1. The quantitative estimate of drug-likeness (QED) is 0.389. The van der Waals surface area contributed by atoms with E-state index in [9.17, 15) is 4.79 Å². The normalized spacial score (nSPS) is 10.8.